The lowest BCUT2D eigenvalue weighted by Crippen LogP contribution is -2.10. The first kappa shape index (κ1) is 10.5. The minimum absolute atomic E-state index is 0.290. The highest BCUT2D eigenvalue weighted by molar-refractivity contribution is 7.08. The van der Waals surface area contributed by atoms with Gasteiger partial charge >= 0.3 is 5.97 Å². The first-order valence-electron chi connectivity index (χ1n) is 5.58. The zero-order valence-corrected chi connectivity index (χ0v) is 9.98. The van der Waals surface area contributed by atoms with Crippen LogP contribution in [-0.2, 0) is 6.54 Å². The number of rotatable bonds is 4. The molecule has 0 unspecified atom stereocenters. The summed E-state index contributed by atoms with van der Waals surface area (Å²) in [7, 11) is 0. The second-order valence-electron chi connectivity index (χ2n) is 4.36. The summed E-state index contributed by atoms with van der Waals surface area (Å²) in [6.45, 7) is 0.728. The highest BCUT2D eigenvalue weighted by atomic mass is 32.1. The van der Waals surface area contributed by atoms with E-state index in [-0.39, 0.29) is 5.69 Å². The number of aromatic carboxylic acids is 1. The maximum atomic E-state index is 11.1. The van der Waals surface area contributed by atoms with Gasteiger partial charge in [-0.1, -0.05) is 0 Å². The fraction of sp³-hybridized carbons (Fsp3) is 0.333. The molecule has 1 aliphatic carbocycles. The lowest BCUT2D eigenvalue weighted by Gasteiger charge is -2.01. The van der Waals surface area contributed by atoms with Crippen LogP contribution >= 0.6 is 11.3 Å². The minimum atomic E-state index is -0.903. The Balaban J connectivity index is 1.97. The zero-order chi connectivity index (χ0) is 11.8. The van der Waals surface area contributed by atoms with Gasteiger partial charge in [-0.25, -0.2) is 4.79 Å². The van der Waals surface area contributed by atoms with E-state index in [1.165, 1.54) is 12.8 Å². The molecule has 0 amide bonds. The molecule has 0 atom stereocenters. The van der Waals surface area contributed by atoms with Gasteiger partial charge in [-0.2, -0.15) is 16.4 Å². The zero-order valence-electron chi connectivity index (χ0n) is 9.17. The van der Waals surface area contributed by atoms with Crippen molar-refractivity contribution in [2.75, 3.05) is 0 Å². The molecule has 0 radical (unpaired) electrons. The standard InChI is InChI=1S/C12H12N2O2S/c15-12(16)11-5-10(9-3-4-17-7-9)13-14(11)6-8-1-2-8/h3-5,7-8H,1-2,6H2,(H,15,16). The number of carbonyl (C=O) groups is 1. The molecule has 0 aliphatic heterocycles. The Kier molecular flexibility index (Phi) is 2.48. The highest BCUT2D eigenvalue weighted by Gasteiger charge is 2.25. The molecule has 1 saturated carbocycles. The highest BCUT2D eigenvalue weighted by Crippen LogP contribution is 2.31. The van der Waals surface area contributed by atoms with Crippen molar-refractivity contribution in [2.24, 2.45) is 5.92 Å². The first-order chi connectivity index (χ1) is 8.24. The Bertz CT molecular complexity index is 541. The van der Waals surface area contributed by atoms with E-state index in [1.54, 1.807) is 22.1 Å². The van der Waals surface area contributed by atoms with E-state index >= 15 is 0 Å². The largest absolute Gasteiger partial charge is 0.477 e. The Morgan fingerprint density at radius 2 is 2.41 bits per heavy atom. The van der Waals surface area contributed by atoms with Gasteiger partial charge in [0.05, 0.1) is 5.69 Å². The monoisotopic (exact) mass is 248 g/mol. The van der Waals surface area contributed by atoms with Gasteiger partial charge < -0.3 is 5.11 Å². The number of nitrogens with zero attached hydrogens (tertiary/aromatic N) is 2. The maximum absolute atomic E-state index is 11.1. The summed E-state index contributed by atoms with van der Waals surface area (Å²) in [6.07, 6.45) is 2.37. The third-order valence-corrected chi connectivity index (χ3v) is 3.63. The molecule has 0 saturated heterocycles. The van der Waals surface area contributed by atoms with E-state index < -0.39 is 5.97 Å². The second kappa shape index (κ2) is 4.00. The van der Waals surface area contributed by atoms with Crippen LogP contribution in [0.3, 0.4) is 0 Å². The summed E-state index contributed by atoms with van der Waals surface area (Å²) in [5.41, 5.74) is 2.04. The van der Waals surface area contributed by atoms with Crippen molar-refractivity contribution < 1.29 is 9.90 Å². The summed E-state index contributed by atoms with van der Waals surface area (Å²) in [5, 5.41) is 17.5. The van der Waals surface area contributed by atoms with E-state index in [9.17, 15) is 4.79 Å². The molecule has 4 nitrogen and oxygen atoms in total. The van der Waals surface area contributed by atoms with Crippen LogP contribution in [0.1, 0.15) is 23.3 Å². The molecule has 1 aliphatic rings. The van der Waals surface area contributed by atoms with Gasteiger partial charge in [-0.05, 0) is 36.3 Å². The van der Waals surface area contributed by atoms with E-state index in [2.05, 4.69) is 5.10 Å². The van der Waals surface area contributed by atoms with Gasteiger partial charge in [-0.15, -0.1) is 0 Å². The molecule has 1 fully saturated rings. The first-order valence-corrected chi connectivity index (χ1v) is 6.52. The average molecular weight is 248 g/mol. The number of carboxylic acids is 1. The molecule has 17 heavy (non-hydrogen) atoms. The molecule has 2 aromatic rings. The van der Waals surface area contributed by atoms with Gasteiger partial charge in [0.1, 0.15) is 5.69 Å². The fourth-order valence-electron chi connectivity index (χ4n) is 1.82. The summed E-state index contributed by atoms with van der Waals surface area (Å²) in [6, 6.07) is 3.62. The molecule has 88 valence electrons. The van der Waals surface area contributed by atoms with E-state index in [4.69, 9.17) is 5.11 Å². The topological polar surface area (TPSA) is 55.1 Å². The molecule has 0 spiro atoms. The average Bonchev–Trinajstić information content (AvgIpc) is 2.82. The predicted molar refractivity (Wildman–Crippen MR) is 65.2 cm³/mol. The van der Waals surface area contributed by atoms with Gasteiger partial charge in [0.15, 0.2) is 0 Å². The van der Waals surface area contributed by atoms with Gasteiger partial charge in [0.25, 0.3) is 0 Å². The van der Waals surface area contributed by atoms with Crippen LogP contribution in [0.4, 0.5) is 0 Å². The second-order valence-corrected chi connectivity index (χ2v) is 5.14. The Morgan fingerprint density at radius 3 is 3.00 bits per heavy atom. The lowest BCUT2D eigenvalue weighted by molar-refractivity contribution is 0.0682. The molecule has 1 N–H and O–H groups in total. The summed E-state index contributed by atoms with van der Waals surface area (Å²) in [5.74, 6) is -0.289. The molecule has 5 heteroatoms. The SMILES string of the molecule is O=C(O)c1cc(-c2ccsc2)nn1CC1CC1. The normalized spacial score (nSPS) is 15.1. The van der Waals surface area contributed by atoms with Crippen molar-refractivity contribution >= 4 is 17.3 Å². The van der Waals surface area contributed by atoms with Gasteiger partial charge in [0, 0.05) is 17.5 Å². The number of thiophene rings is 1. The van der Waals surface area contributed by atoms with Crippen LogP contribution in [-0.4, -0.2) is 20.9 Å². The van der Waals surface area contributed by atoms with Gasteiger partial charge in [-0.3, -0.25) is 4.68 Å². The van der Waals surface area contributed by atoms with Crippen molar-refractivity contribution in [1.29, 1.82) is 0 Å². The fourth-order valence-corrected chi connectivity index (χ4v) is 2.47. The Morgan fingerprint density at radius 1 is 1.59 bits per heavy atom. The van der Waals surface area contributed by atoms with E-state index in [0.29, 0.717) is 5.92 Å². The van der Waals surface area contributed by atoms with Crippen LogP contribution in [0.2, 0.25) is 0 Å². The number of carboxylic acid groups (broad SMARTS) is 1. The smallest absolute Gasteiger partial charge is 0.354 e. The van der Waals surface area contributed by atoms with Crippen LogP contribution < -0.4 is 0 Å². The maximum Gasteiger partial charge on any atom is 0.354 e. The molecule has 2 heterocycles. The van der Waals surface area contributed by atoms with Crippen molar-refractivity contribution in [1.82, 2.24) is 9.78 Å². The summed E-state index contributed by atoms with van der Waals surface area (Å²) >= 11 is 1.59. The summed E-state index contributed by atoms with van der Waals surface area (Å²) < 4.78 is 1.63. The molecule has 2 aromatic heterocycles. The number of hydrogen-bond donors (Lipinski definition) is 1. The van der Waals surface area contributed by atoms with Crippen LogP contribution in [0.5, 0.6) is 0 Å². The molecule has 0 bridgehead atoms. The number of aromatic nitrogens is 2. The summed E-state index contributed by atoms with van der Waals surface area (Å²) in [4.78, 5) is 11.1. The molecular formula is C12H12N2O2S. The molecular weight excluding hydrogens is 236 g/mol. The van der Waals surface area contributed by atoms with E-state index in [1.807, 2.05) is 16.8 Å². The van der Waals surface area contributed by atoms with Gasteiger partial charge in [0.2, 0.25) is 0 Å². The van der Waals surface area contributed by atoms with Crippen LogP contribution in [0.25, 0.3) is 11.3 Å². The number of hydrogen-bond acceptors (Lipinski definition) is 3. The molecule has 0 aromatic carbocycles. The quantitative estimate of drug-likeness (QED) is 0.905. The van der Waals surface area contributed by atoms with E-state index in [0.717, 1.165) is 17.8 Å². The van der Waals surface area contributed by atoms with Crippen molar-refractivity contribution in [3.05, 3.63) is 28.6 Å². The Hall–Kier alpha value is -1.62. The van der Waals surface area contributed by atoms with Crippen LogP contribution in [0, 0.1) is 5.92 Å². The van der Waals surface area contributed by atoms with Crippen molar-refractivity contribution in [3.63, 3.8) is 0 Å². The Labute approximate surface area is 103 Å². The predicted octanol–water partition coefficient (Wildman–Crippen LogP) is 2.72. The van der Waals surface area contributed by atoms with Crippen LogP contribution in [0.15, 0.2) is 22.9 Å². The van der Waals surface area contributed by atoms with Crippen molar-refractivity contribution in [3.8, 4) is 11.3 Å². The minimum Gasteiger partial charge on any atom is -0.477 e. The lowest BCUT2D eigenvalue weighted by atomic mass is 10.2. The third-order valence-electron chi connectivity index (χ3n) is 2.94. The third kappa shape index (κ3) is 2.10. The van der Waals surface area contributed by atoms with Crippen molar-refractivity contribution in [2.45, 2.75) is 19.4 Å². The molecule has 3 rings (SSSR count).